The number of halogens is 2. The Morgan fingerprint density at radius 2 is 2.10 bits per heavy atom. The van der Waals surface area contributed by atoms with E-state index in [-0.39, 0.29) is 22.9 Å². The minimum Gasteiger partial charge on any atom is -0.465 e. The molecule has 0 bridgehead atoms. The highest BCUT2D eigenvalue weighted by molar-refractivity contribution is 5.95. The molecule has 0 radical (unpaired) electrons. The van der Waals surface area contributed by atoms with E-state index in [4.69, 9.17) is 10.5 Å². The summed E-state index contributed by atoms with van der Waals surface area (Å²) in [5.41, 5.74) is 5.67. The third-order valence-corrected chi connectivity index (χ3v) is 2.45. The Hall–Kier alpha value is -2.70. The fourth-order valence-electron chi connectivity index (χ4n) is 1.46. The van der Waals surface area contributed by atoms with Crippen molar-refractivity contribution in [3.05, 3.63) is 47.7 Å². The lowest BCUT2D eigenvalue weighted by Gasteiger charge is -2.08. The van der Waals surface area contributed by atoms with E-state index < -0.39 is 17.6 Å². The van der Waals surface area contributed by atoms with Crippen LogP contribution in [0, 0.1) is 11.6 Å². The van der Waals surface area contributed by atoms with Crippen molar-refractivity contribution < 1.29 is 23.0 Å². The number of nitrogens with zero attached hydrogens (tertiary/aromatic N) is 1. The lowest BCUT2D eigenvalue weighted by Crippen LogP contribution is -2.06. The van der Waals surface area contributed by atoms with Gasteiger partial charge in [-0.05, 0) is 12.1 Å². The highest BCUT2D eigenvalue weighted by Crippen LogP contribution is 2.26. The highest BCUT2D eigenvalue weighted by Gasteiger charge is 2.15. The molecule has 2 rings (SSSR count). The molecule has 0 unspecified atom stereocenters. The predicted octanol–water partition coefficient (Wildman–Crippen LogP) is 2.52. The molecule has 0 saturated heterocycles. The number of nitrogens with two attached hydrogens (primary N) is 1. The molecule has 0 saturated carbocycles. The van der Waals surface area contributed by atoms with Crippen LogP contribution in [0.1, 0.15) is 10.4 Å². The first-order chi connectivity index (χ1) is 9.52. The molecule has 104 valence electrons. The van der Waals surface area contributed by atoms with E-state index in [0.29, 0.717) is 0 Å². The summed E-state index contributed by atoms with van der Waals surface area (Å²) in [6, 6.07) is 4.66. The van der Waals surface area contributed by atoms with Crippen LogP contribution in [0.3, 0.4) is 0 Å². The molecular formula is C13H10F2N2O3. The van der Waals surface area contributed by atoms with Crippen LogP contribution in [0.2, 0.25) is 0 Å². The third-order valence-electron chi connectivity index (χ3n) is 2.45. The Balaban J connectivity index is 2.35. The highest BCUT2D eigenvalue weighted by atomic mass is 19.2. The van der Waals surface area contributed by atoms with Crippen LogP contribution < -0.4 is 10.5 Å². The van der Waals surface area contributed by atoms with Crippen LogP contribution in [0.25, 0.3) is 0 Å². The molecule has 2 N–H and O–H groups in total. The lowest BCUT2D eigenvalue weighted by molar-refractivity contribution is 0.0601. The van der Waals surface area contributed by atoms with Gasteiger partial charge in [-0.15, -0.1) is 0 Å². The number of carbonyl (C=O) groups is 1. The van der Waals surface area contributed by atoms with E-state index in [0.717, 1.165) is 6.07 Å². The number of anilines is 1. The molecule has 0 aliphatic heterocycles. The van der Waals surface area contributed by atoms with Crippen molar-refractivity contribution in [1.29, 1.82) is 0 Å². The minimum absolute atomic E-state index is 0.0225. The van der Waals surface area contributed by atoms with Crippen LogP contribution in [0.5, 0.6) is 11.6 Å². The molecule has 5 nitrogen and oxygen atoms in total. The van der Waals surface area contributed by atoms with Gasteiger partial charge >= 0.3 is 5.97 Å². The maximum Gasteiger partial charge on any atom is 0.340 e. The monoisotopic (exact) mass is 280 g/mol. The first kappa shape index (κ1) is 13.7. The largest absolute Gasteiger partial charge is 0.465 e. The molecular weight excluding hydrogens is 270 g/mol. The number of ether oxygens (including phenoxy) is 2. The molecule has 0 atom stereocenters. The summed E-state index contributed by atoms with van der Waals surface area (Å²) in [6.07, 6.45) is 1.17. The smallest absolute Gasteiger partial charge is 0.340 e. The zero-order valence-electron chi connectivity index (χ0n) is 10.4. The number of hydrogen-bond donors (Lipinski definition) is 1. The summed E-state index contributed by atoms with van der Waals surface area (Å²) in [5.74, 6) is -3.34. The molecule has 0 aliphatic carbocycles. The van der Waals surface area contributed by atoms with E-state index in [1.165, 1.54) is 31.5 Å². The summed E-state index contributed by atoms with van der Waals surface area (Å²) in [4.78, 5) is 15.2. The Labute approximate surface area is 112 Å². The van der Waals surface area contributed by atoms with Gasteiger partial charge in [-0.3, -0.25) is 0 Å². The topological polar surface area (TPSA) is 74.4 Å². The Morgan fingerprint density at radius 1 is 1.35 bits per heavy atom. The number of carbonyl (C=O) groups excluding carboxylic acids is 1. The molecule has 0 fully saturated rings. The molecule has 1 aromatic carbocycles. The van der Waals surface area contributed by atoms with Gasteiger partial charge in [0.25, 0.3) is 0 Å². The summed E-state index contributed by atoms with van der Waals surface area (Å²) in [5, 5.41) is 0. The van der Waals surface area contributed by atoms with E-state index in [1.54, 1.807) is 0 Å². The van der Waals surface area contributed by atoms with Crippen molar-refractivity contribution in [2.75, 3.05) is 12.8 Å². The SMILES string of the molecule is COC(=O)c1cc(Oc2cccc(F)c2F)ncc1N. The lowest BCUT2D eigenvalue weighted by atomic mass is 10.2. The van der Waals surface area contributed by atoms with Crippen molar-refractivity contribution >= 4 is 11.7 Å². The zero-order chi connectivity index (χ0) is 14.7. The van der Waals surface area contributed by atoms with Gasteiger partial charge in [0.2, 0.25) is 11.7 Å². The summed E-state index contributed by atoms with van der Waals surface area (Å²) < 4.78 is 36.1. The van der Waals surface area contributed by atoms with Crippen LogP contribution in [0.4, 0.5) is 14.5 Å². The molecule has 0 aliphatic rings. The average molecular weight is 280 g/mol. The predicted molar refractivity (Wildman–Crippen MR) is 66.4 cm³/mol. The van der Waals surface area contributed by atoms with E-state index >= 15 is 0 Å². The van der Waals surface area contributed by atoms with Gasteiger partial charge in [-0.25, -0.2) is 14.2 Å². The molecule has 0 spiro atoms. The second-order valence-corrected chi connectivity index (χ2v) is 3.76. The number of aromatic nitrogens is 1. The third kappa shape index (κ3) is 2.66. The number of hydrogen-bond acceptors (Lipinski definition) is 5. The molecule has 7 heteroatoms. The van der Waals surface area contributed by atoms with E-state index in [2.05, 4.69) is 9.72 Å². The second-order valence-electron chi connectivity index (χ2n) is 3.76. The van der Waals surface area contributed by atoms with Gasteiger partial charge < -0.3 is 15.2 Å². The Morgan fingerprint density at radius 3 is 2.80 bits per heavy atom. The molecule has 2 aromatic rings. The second kappa shape index (κ2) is 5.52. The first-order valence-corrected chi connectivity index (χ1v) is 5.48. The van der Waals surface area contributed by atoms with Crippen LogP contribution in [-0.4, -0.2) is 18.1 Å². The number of methoxy groups -OCH3 is 1. The molecule has 1 aromatic heterocycles. The van der Waals surface area contributed by atoms with E-state index in [9.17, 15) is 13.6 Å². The molecule has 20 heavy (non-hydrogen) atoms. The number of pyridine rings is 1. The van der Waals surface area contributed by atoms with Crippen LogP contribution in [-0.2, 0) is 4.74 Å². The number of nitrogen functional groups attached to an aromatic ring is 1. The molecule has 1 heterocycles. The van der Waals surface area contributed by atoms with Crippen molar-refractivity contribution in [2.45, 2.75) is 0 Å². The Kier molecular flexibility index (Phi) is 3.79. The summed E-state index contributed by atoms with van der Waals surface area (Å²) >= 11 is 0. The number of rotatable bonds is 3. The standard InChI is InChI=1S/C13H10F2N2O3/c1-19-13(18)7-5-11(17-6-9(7)16)20-10-4-2-3-8(14)12(10)15/h2-6H,16H2,1H3. The summed E-state index contributed by atoms with van der Waals surface area (Å²) in [7, 11) is 1.19. The van der Waals surface area contributed by atoms with Gasteiger partial charge in [0.05, 0.1) is 24.6 Å². The number of benzene rings is 1. The fraction of sp³-hybridized carbons (Fsp3) is 0.0769. The Bertz CT molecular complexity index is 662. The van der Waals surface area contributed by atoms with Crippen molar-refractivity contribution in [1.82, 2.24) is 4.98 Å². The fourth-order valence-corrected chi connectivity index (χ4v) is 1.46. The summed E-state index contributed by atoms with van der Waals surface area (Å²) in [6.45, 7) is 0. The van der Waals surface area contributed by atoms with E-state index in [1.807, 2.05) is 0 Å². The van der Waals surface area contributed by atoms with Crippen LogP contribution in [0.15, 0.2) is 30.5 Å². The van der Waals surface area contributed by atoms with Gasteiger partial charge in [0, 0.05) is 6.07 Å². The van der Waals surface area contributed by atoms with Crippen molar-refractivity contribution in [3.8, 4) is 11.6 Å². The van der Waals surface area contributed by atoms with Crippen LogP contribution >= 0.6 is 0 Å². The van der Waals surface area contributed by atoms with Gasteiger partial charge in [0.15, 0.2) is 11.6 Å². The van der Waals surface area contributed by atoms with Gasteiger partial charge in [-0.1, -0.05) is 6.07 Å². The zero-order valence-corrected chi connectivity index (χ0v) is 10.4. The first-order valence-electron chi connectivity index (χ1n) is 5.48. The maximum atomic E-state index is 13.4. The maximum absolute atomic E-state index is 13.4. The normalized spacial score (nSPS) is 10.2. The van der Waals surface area contributed by atoms with Crippen molar-refractivity contribution in [3.63, 3.8) is 0 Å². The average Bonchev–Trinajstić information content (AvgIpc) is 2.45. The minimum atomic E-state index is -1.15. The van der Waals surface area contributed by atoms with Crippen molar-refractivity contribution in [2.24, 2.45) is 0 Å². The van der Waals surface area contributed by atoms with Gasteiger partial charge in [0.1, 0.15) is 0 Å². The molecule has 0 amide bonds. The van der Waals surface area contributed by atoms with Gasteiger partial charge in [-0.2, -0.15) is 4.39 Å². The quantitative estimate of drug-likeness (QED) is 0.874. The number of esters is 1.